The summed E-state index contributed by atoms with van der Waals surface area (Å²) in [7, 11) is 1.61. The number of carbonyl (C=O) groups is 2. The molecule has 1 aliphatic rings. The van der Waals surface area contributed by atoms with Crippen molar-refractivity contribution in [3.05, 3.63) is 59.4 Å². The molecular formula is C23H24ClN5O4. The van der Waals surface area contributed by atoms with Gasteiger partial charge in [-0.15, -0.1) is 0 Å². The van der Waals surface area contributed by atoms with Gasteiger partial charge >= 0.3 is 6.03 Å². The quantitative estimate of drug-likeness (QED) is 0.490. The van der Waals surface area contributed by atoms with E-state index in [1.54, 1.807) is 31.6 Å². The smallest absolute Gasteiger partial charge is 0.319 e. The van der Waals surface area contributed by atoms with Crippen LogP contribution >= 0.6 is 11.6 Å². The lowest BCUT2D eigenvalue weighted by Crippen LogP contribution is -2.47. The molecule has 0 radical (unpaired) electrons. The number of carbonyl (C=O) groups excluding carboxylic acids is 2. The van der Waals surface area contributed by atoms with Gasteiger partial charge < -0.3 is 30.0 Å². The van der Waals surface area contributed by atoms with E-state index in [0.717, 1.165) is 22.7 Å². The van der Waals surface area contributed by atoms with Crippen LogP contribution in [0, 0.1) is 0 Å². The van der Waals surface area contributed by atoms with Gasteiger partial charge in [0.2, 0.25) is 11.8 Å². The van der Waals surface area contributed by atoms with Crippen molar-refractivity contribution in [2.24, 2.45) is 0 Å². The maximum atomic E-state index is 12.2. The van der Waals surface area contributed by atoms with E-state index in [-0.39, 0.29) is 18.5 Å². The SMILES string of the molecule is COc1ccc(-c2nc(CCNC(=O)Nc3ccc(N4CCNC(=O)C4)c(Cl)c3)co2)cc1. The van der Waals surface area contributed by atoms with Crippen LogP contribution in [0.1, 0.15) is 5.69 Å². The Hall–Kier alpha value is -3.72. The fraction of sp³-hybridized carbons (Fsp3) is 0.261. The average Bonchev–Trinajstić information content (AvgIpc) is 3.28. The second-order valence-electron chi connectivity index (χ2n) is 7.44. The highest BCUT2D eigenvalue weighted by atomic mass is 35.5. The highest BCUT2D eigenvalue weighted by molar-refractivity contribution is 6.33. The van der Waals surface area contributed by atoms with Gasteiger partial charge in [-0.3, -0.25) is 4.79 Å². The monoisotopic (exact) mass is 469 g/mol. The number of ether oxygens (including phenoxy) is 1. The zero-order valence-corrected chi connectivity index (χ0v) is 18.8. The van der Waals surface area contributed by atoms with Gasteiger partial charge in [-0.1, -0.05) is 11.6 Å². The number of piperazine rings is 1. The molecule has 4 rings (SSSR count). The van der Waals surface area contributed by atoms with Gasteiger partial charge in [0.1, 0.15) is 12.0 Å². The van der Waals surface area contributed by atoms with Gasteiger partial charge in [0, 0.05) is 37.3 Å². The summed E-state index contributed by atoms with van der Waals surface area (Å²) in [6.45, 7) is 1.90. The zero-order valence-electron chi connectivity index (χ0n) is 18.1. The summed E-state index contributed by atoms with van der Waals surface area (Å²) in [5.41, 5.74) is 2.90. The number of amides is 3. The molecule has 33 heavy (non-hydrogen) atoms. The molecule has 0 atom stereocenters. The van der Waals surface area contributed by atoms with Crippen LogP contribution in [0.4, 0.5) is 16.2 Å². The van der Waals surface area contributed by atoms with Crippen molar-refractivity contribution in [1.29, 1.82) is 0 Å². The topological polar surface area (TPSA) is 109 Å². The molecular weight excluding hydrogens is 446 g/mol. The van der Waals surface area contributed by atoms with E-state index < -0.39 is 0 Å². The lowest BCUT2D eigenvalue weighted by Gasteiger charge is -2.29. The maximum Gasteiger partial charge on any atom is 0.319 e. The molecule has 0 saturated carbocycles. The minimum atomic E-state index is -0.352. The first-order valence-corrected chi connectivity index (χ1v) is 10.8. The summed E-state index contributed by atoms with van der Waals surface area (Å²) in [5.74, 6) is 1.23. The molecule has 1 saturated heterocycles. The zero-order chi connectivity index (χ0) is 23.2. The molecule has 0 unspecified atom stereocenters. The predicted molar refractivity (Wildman–Crippen MR) is 126 cm³/mol. The number of rotatable bonds is 7. The molecule has 0 spiro atoms. The number of halogens is 1. The molecule has 3 amide bonds. The molecule has 3 N–H and O–H groups in total. The molecule has 1 aromatic heterocycles. The number of hydrogen-bond donors (Lipinski definition) is 3. The number of urea groups is 1. The van der Waals surface area contributed by atoms with Gasteiger partial charge in [-0.25, -0.2) is 9.78 Å². The standard InChI is InChI=1S/C23H24ClN5O4/c1-32-18-5-2-15(3-6-18)22-27-17(14-33-22)8-9-26-23(31)28-16-4-7-20(19(24)12-16)29-11-10-25-21(30)13-29/h2-7,12,14H,8-11,13H2,1H3,(H,25,30)(H2,26,28,31). The molecule has 10 heteroatoms. The fourth-order valence-corrected chi connectivity index (χ4v) is 3.75. The first kappa shape index (κ1) is 22.5. The molecule has 172 valence electrons. The molecule has 0 bridgehead atoms. The van der Waals surface area contributed by atoms with Crippen LogP contribution in [-0.4, -0.2) is 50.2 Å². The molecule has 1 fully saturated rings. The molecule has 2 heterocycles. The summed E-state index contributed by atoms with van der Waals surface area (Å²) >= 11 is 6.38. The predicted octanol–water partition coefficient (Wildman–Crippen LogP) is 3.30. The fourth-order valence-electron chi connectivity index (χ4n) is 3.45. The lowest BCUT2D eigenvalue weighted by molar-refractivity contribution is -0.120. The van der Waals surface area contributed by atoms with E-state index in [2.05, 4.69) is 20.9 Å². The van der Waals surface area contributed by atoms with Crippen molar-refractivity contribution >= 4 is 34.9 Å². The van der Waals surface area contributed by atoms with Crippen molar-refractivity contribution in [2.75, 3.05) is 43.5 Å². The van der Waals surface area contributed by atoms with E-state index in [9.17, 15) is 9.59 Å². The number of nitrogens with zero attached hydrogens (tertiary/aromatic N) is 2. The Balaban J connectivity index is 1.26. The molecule has 0 aliphatic carbocycles. The largest absolute Gasteiger partial charge is 0.497 e. The lowest BCUT2D eigenvalue weighted by atomic mass is 10.2. The van der Waals surface area contributed by atoms with Crippen LogP contribution in [-0.2, 0) is 11.2 Å². The number of anilines is 2. The highest BCUT2D eigenvalue weighted by Crippen LogP contribution is 2.29. The summed E-state index contributed by atoms with van der Waals surface area (Å²) in [6.07, 6.45) is 2.10. The Bertz CT molecular complexity index is 1130. The van der Waals surface area contributed by atoms with Crippen molar-refractivity contribution in [1.82, 2.24) is 15.6 Å². The first-order valence-electron chi connectivity index (χ1n) is 10.5. The van der Waals surface area contributed by atoms with Crippen LogP contribution in [0.2, 0.25) is 5.02 Å². The third kappa shape index (κ3) is 5.75. The third-order valence-corrected chi connectivity index (χ3v) is 5.44. The van der Waals surface area contributed by atoms with E-state index >= 15 is 0 Å². The maximum absolute atomic E-state index is 12.2. The van der Waals surface area contributed by atoms with Crippen molar-refractivity contribution < 1.29 is 18.7 Å². The number of aromatic nitrogens is 1. The Labute approximate surface area is 196 Å². The molecule has 2 aromatic carbocycles. The Morgan fingerprint density at radius 2 is 2.09 bits per heavy atom. The van der Waals surface area contributed by atoms with Crippen LogP contribution in [0.3, 0.4) is 0 Å². The van der Waals surface area contributed by atoms with Crippen LogP contribution in [0.25, 0.3) is 11.5 Å². The van der Waals surface area contributed by atoms with E-state index in [4.69, 9.17) is 20.8 Å². The van der Waals surface area contributed by atoms with Crippen molar-refractivity contribution in [3.8, 4) is 17.2 Å². The second kappa shape index (κ2) is 10.3. The third-order valence-electron chi connectivity index (χ3n) is 5.14. The Morgan fingerprint density at radius 1 is 1.27 bits per heavy atom. The number of hydrogen-bond acceptors (Lipinski definition) is 6. The van der Waals surface area contributed by atoms with Gasteiger partial charge in [0.25, 0.3) is 0 Å². The second-order valence-corrected chi connectivity index (χ2v) is 7.85. The average molecular weight is 470 g/mol. The van der Waals surface area contributed by atoms with E-state index in [1.807, 2.05) is 29.2 Å². The highest BCUT2D eigenvalue weighted by Gasteiger charge is 2.19. The molecule has 1 aliphatic heterocycles. The Morgan fingerprint density at radius 3 is 2.82 bits per heavy atom. The van der Waals surface area contributed by atoms with Gasteiger partial charge in [-0.2, -0.15) is 0 Å². The molecule has 3 aromatic rings. The number of methoxy groups -OCH3 is 1. The Kier molecular flexibility index (Phi) is 6.99. The summed E-state index contributed by atoms with van der Waals surface area (Å²) in [4.78, 5) is 30.2. The minimum Gasteiger partial charge on any atom is -0.497 e. The van der Waals surface area contributed by atoms with E-state index in [0.29, 0.717) is 42.7 Å². The van der Waals surface area contributed by atoms with Crippen LogP contribution in [0.15, 0.2) is 53.1 Å². The number of benzene rings is 2. The van der Waals surface area contributed by atoms with E-state index in [1.165, 1.54) is 0 Å². The van der Waals surface area contributed by atoms with Crippen LogP contribution in [0.5, 0.6) is 5.75 Å². The first-order chi connectivity index (χ1) is 16.0. The molecule has 9 nitrogen and oxygen atoms in total. The normalized spacial score (nSPS) is 13.4. The van der Waals surface area contributed by atoms with Gasteiger partial charge in [0.05, 0.1) is 30.1 Å². The summed E-state index contributed by atoms with van der Waals surface area (Å²) in [5, 5.41) is 8.80. The van der Waals surface area contributed by atoms with Gasteiger partial charge in [-0.05, 0) is 42.5 Å². The van der Waals surface area contributed by atoms with Crippen molar-refractivity contribution in [3.63, 3.8) is 0 Å². The number of oxazole rings is 1. The van der Waals surface area contributed by atoms with Gasteiger partial charge in [0.15, 0.2) is 0 Å². The summed E-state index contributed by atoms with van der Waals surface area (Å²) in [6, 6.07) is 12.3. The van der Waals surface area contributed by atoms with Crippen molar-refractivity contribution in [2.45, 2.75) is 6.42 Å². The minimum absolute atomic E-state index is 0.0397. The van der Waals surface area contributed by atoms with Crippen LogP contribution < -0.4 is 25.6 Å². The number of nitrogens with one attached hydrogen (secondary N) is 3. The summed E-state index contributed by atoms with van der Waals surface area (Å²) < 4.78 is 10.7.